The maximum absolute atomic E-state index is 11.9. The zero-order valence-corrected chi connectivity index (χ0v) is 12.3. The van der Waals surface area contributed by atoms with Crippen LogP contribution in [0.4, 0.5) is 5.69 Å². The highest BCUT2D eigenvalue weighted by Crippen LogP contribution is 2.29. The Hall–Kier alpha value is -0.560. The van der Waals surface area contributed by atoms with E-state index in [2.05, 4.69) is 22.6 Å². The molecule has 0 bridgehead atoms. The number of rotatable bonds is 2. The summed E-state index contributed by atoms with van der Waals surface area (Å²) in [4.78, 5) is 24.7. The van der Waals surface area contributed by atoms with Crippen LogP contribution >= 0.6 is 34.4 Å². The fourth-order valence-corrected chi connectivity index (χ4v) is 3.33. The van der Waals surface area contributed by atoms with Gasteiger partial charge in [-0.2, -0.15) is 0 Å². The van der Waals surface area contributed by atoms with Gasteiger partial charge in [0.25, 0.3) is 0 Å². The molecule has 1 amide bonds. The number of carbonyl (C=O) groups excluding carboxylic acids is 2. The van der Waals surface area contributed by atoms with E-state index in [-0.39, 0.29) is 16.3 Å². The van der Waals surface area contributed by atoms with Crippen molar-refractivity contribution in [2.24, 2.45) is 0 Å². The van der Waals surface area contributed by atoms with Crippen LogP contribution in [0.5, 0.6) is 0 Å². The lowest BCUT2D eigenvalue weighted by Crippen LogP contribution is -2.24. The van der Waals surface area contributed by atoms with Crippen LogP contribution in [0.1, 0.15) is 13.3 Å². The predicted molar refractivity (Wildman–Crippen MR) is 78.2 cm³/mol. The Morgan fingerprint density at radius 1 is 1.53 bits per heavy atom. The number of hydrogen-bond acceptors (Lipinski definition) is 3. The second-order valence-corrected chi connectivity index (χ2v) is 6.64. The van der Waals surface area contributed by atoms with E-state index in [0.29, 0.717) is 13.0 Å². The Morgan fingerprint density at radius 2 is 2.29 bits per heavy atom. The number of halogens is 1. The first kappa shape index (κ1) is 12.9. The van der Waals surface area contributed by atoms with Crippen LogP contribution < -0.4 is 4.90 Å². The van der Waals surface area contributed by atoms with Crippen LogP contribution in [-0.4, -0.2) is 22.8 Å². The van der Waals surface area contributed by atoms with Gasteiger partial charge in [-0.05, 0) is 40.8 Å². The van der Waals surface area contributed by atoms with E-state index in [4.69, 9.17) is 0 Å². The average Bonchev–Trinajstić information content (AvgIpc) is 2.58. The van der Waals surface area contributed by atoms with Gasteiger partial charge >= 0.3 is 0 Å². The van der Waals surface area contributed by atoms with Crippen molar-refractivity contribution in [1.29, 1.82) is 0 Å². The predicted octanol–water partition coefficient (Wildman–Crippen LogP) is 2.68. The Balaban J connectivity index is 2.13. The first-order valence-corrected chi connectivity index (χ1v) is 7.25. The molecule has 5 heteroatoms. The molecule has 0 radical (unpaired) electrons. The first-order chi connectivity index (χ1) is 8.06. The molecule has 90 valence electrons. The molecule has 0 spiro atoms. The summed E-state index contributed by atoms with van der Waals surface area (Å²) in [7, 11) is 0. The molecule has 3 nitrogen and oxygen atoms in total. The summed E-state index contributed by atoms with van der Waals surface area (Å²) in [6, 6.07) is 7.85. The summed E-state index contributed by atoms with van der Waals surface area (Å²) < 4.78 is 1.11. The molecule has 1 atom stereocenters. The minimum Gasteiger partial charge on any atom is -0.311 e. The van der Waals surface area contributed by atoms with Crippen molar-refractivity contribution in [2.75, 3.05) is 11.4 Å². The van der Waals surface area contributed by atoms with Crippen molar-refractivity contribution in [2.45, 2.75) is 18.6 Å². The average molecular weight is 361 g/mol. The van der Waals surface area contributed by atoms with Crippen molar-refractivity contribution < 1.29 is 9.59 Å². The molecule has 1 aromatic rings. The van der Waals surface area contributed by atoms with Gasteiger partial charge < -0.3 is 4.90 Å². The Morgan fingerprint density at radius 3 is 2.94 bits per heavy atom. The third kappa shape index (κ3) is 3.22. The molecule has 1 aliphatic heterocycles. The minimum absolute atomic E-state index is 0.0762. The van der Waals surface area contributed by atoms with Crippen molar-refractivity contribution in [1.82, 2.24) is 0 Å². The SMILES string of the molecule is CC(=O)SC1CC(=O)N(c2cccc(I)c2)C1. The molecule has 1 fully saturated rings. The van der Waals surface area contributed by atoms with Gasteiger partial charge in [0, 0.05) is 34.4 Å². The molecule has 1 aromatic carbocycles. The van der Waals surface area contributed by atoms with E-state index in [1.165, 1.54) is 11.8 Å². The molecule has 2 rings (SSSR count). The Labute approximate surface area is 118 Å². The van der Waals surface area contributed by atoms with Gasteiger partial charge in [-0.3, -0.25) is 9.59 Å². The van der Waals surface area contributed by atoms with Gasteiger partial charge in [-0.1, -0.05) is 17.8 Å². The molecule has 0 aromatic heterocycles. The summed E-state index contributed by atoms with van der Waals surface area (Å²) in [6.07, 6.45) is 0.454. The van der Waals surface area contributed by atoms with Gasteiger partial charge in [0.2, 0.25) is 5.91 Å². The smallest absolute Gasteiger partial charge is 0.228 e. The number of nitrogens with zero attached hydrogens (tertiary/aromatic N) is 1. The highest BCUT2D eigenvalue weighted by atomic mass is 127. The molecule has 1 aliphatic rings. The largest absolute Gasteiger partial charge is 0.311 e. The summed E-state index contributed by atoms with van der Waals surface area (Å²) in [5.41, 5.74) is 0.925. The molecular formula is C12H12INO2S. The van der Waals surface area contributed by atoms with E-state index >= 15 is 0 Å². The number of benzene rings is 1. The molecular weight excluding hydrogens is 349 g/mol. The van der Waals surface area contributed by atoms with Gasteiger partial charge in [0.05, 0.1) is 0 Å². The maximum atomic E-state index is 11.9. The standard InChI is InChI=1S/C12H12INO2S/c1-8(15)17-11-6-12(16)14(7-11)10-4-2-3-9(13)5-10/h2-5,11H,6-7H2,1H3. The molecule has 17 heavy (non-hydrogen) atoms. The van der Waals surface area contributed by atoms with Crippen LogP contribution in [0.2, 0.25) is 0 Å². The quantitative estimate of drug-likeness (QED) is 0.761. The molecule has 1 heterocycles. The number of carbonyl (C=O) groups is 2. The fourth-order valence-electron chi connectivity index (χ4n) is 1.88. The summed E-state index contributed by atoms with van der Waals surface area (Å²) in [5.74, 6) is 0.103. The lowest BCUT2D eigenvalue weighted by Gasteiger charge is -2.16. The third-order valence-corrected chi connectivity index (χ3v) is 4.19. The third-order valence-electron chi connectivity index (χ3n) is 2.54. The van der Waals surface area contributed by atoms with Crippen molar-refractivity contribution in [3.05, 3.63) is 27.8 Å². The van der Waals surface area contributed by atoms with Gasteiger partial charge in [-0.15, -0.1) is 0 Å². The lowest BCUT2D eigenvalue weighted by atomic mass is 10.3. The highest BCUT2D eigenvalue weighted by Gasteiger charge is 2.31. The lowest BCUT2D eigenvalue weighted by molar-refractivity contribution is -0.117. The number of amides is 1. The molecule has 0 N–H and O–H groups in total. The molecule has 0 aliphatic carbocycles. The zero-order chi connectivity index (χ0) is 12.4. The number of hydrogen-bond donors (Lipinski definition) is 0. The Kier molecular flexibility index (Phi) is 4.09. The van der Waals surface area contributed by atoms with Crippen LogP contribution in [0.25, 0.3) is 0 Å². The fraction of sp³-hybridized carbons (Fsp3) is 0.333. The first-order valence-electron chi connectivity index (χ1n) is 5.29. The van der Waals surface area contributed by atoms with Crippen LogP contribution in [-0.2, 0) is 9.59 Å². The molecule has 1 unspecified atom stereocenters. The van der Waals surface area contributed by atoms with Gasteiger partial charge in [0.1, 0.15) is 0 Å². The Bertz CT molecular complexity index is 464. The van der Waals surface area contributed by atoms with E-state index < -0.39 is 0 Å². The highest BCUT2D eigenvalue weighted by molar-refractivity contribution is 14.1. The van der Waals surface area contributed by atoms with Crippen molar-refractivity contribution in [3.63, 3.8) is 0 Å². The van der Waals surface area contributed by atoms with Crippen molar-refractivity contribution >= 4 is 51.1 Å². The summed E-state index contributed by atoms with van der Waals surface area (Å²) in [5, 5.41) is 0.171. The molecule has 1 saturated heterocycles. The minimum atomic E-state index is 0.0762. The van der Waals surface area contributed by atoms with E-state index in [1.54, 1.807) is 11.8 Å². The van der Waals surface area contributed by atoms with E-state index in [1.807, 2.05) is 24.3 Å². The second kappa shape index (κ2) is 5.39. The van der Waals surface area contributed by atoms with Crippen LogP contribution in [0.3, 0.4) is 0 Å². The second-order valence-electron chi connectivity index (χ2n) is 3.92. The number of anilines is 1. The van der Waals surface area contributed by atoms with Crippen molar-refractivity contribution in [3.8, 4) is 0 Å². The summed E-state index contributed by atoms with van der Waals surface area (Å²) in [6.45, 7) is 2.17. The monoisotopic (exact) mass is 361 g/mol. The number of thioether (sulfide) groups is 1. The topological polar surface area (TPSA) is 37.4 Å². The molecule has 0 saturated carbocycles. The van der Waals surface area contributed by atoms with E-state index in [0.717, 1.165) is 9.26 Å². The summed E-state index contributed by atoms with van der Waals surface area (Å²) >= 11 is 3.49. The normalized spacial score (nSPS) is 19.8. The van der Waals surface area contributed by atoms with E-state index in [9.17, 15) is 9.59 Å². The van der Waals surface area contributed by atoms with Crippen LogP contribution in [0, 0.1) is 3.57 Å². The zero-order valence-electron chi connectivity index (χ0n) is 9.35. The van der Waals surface area contributed by atoms with Crippen LogP contribution in [0.15, 0.2) is 24.3 Å². The van der Waals surface area contributed by atoms with Gasteiger partial charge in [0.15, 0.2) is 5.12 Å². The maximum Gasteiger partial charge on any atom is 0.228 e. The van der Waals surface area contributed by atoms with Gasteiger partial charge in [-0.25, -0.2) is 0 Å².